The lowest BCUT2D eigenvalue weighted by Gasteiger charge is -2.35. The van der Waals surface area contributed by atoms with Crippen LogP contribution in [-0.4, -0.2) is 34.9 Å². The summed E-state index contributed by atoms with van der Waals surface area (Å²) in [6.45, 7) is 0.594. The predicted molar refractivity (Wildman–Crippen MR) is 57.8 cm³/mol. The van der Waals surface area contributed by atoms with E-state index in [0.29, 0.717) is 19.0 Å². The summed E-state index contributed by atoms with van der Waals surface area (Å²) in [4.78, 5) is 10.9. The Morgan fingerprint density at radius 3 is 2.73 bits per heavy atom. The molecule has 1 atom stereocenters. The van der Waals surface area contributed by atoms with Crippen LogP contribution < -0.4 is 0 Å². The monoisotopic (exact) mass is 210 g/mol. The maximum Gasteiger partial charge on any atom is 0.308 e. The van der Waals surface area contributed by atoms with Crippen LogP contribution in [0.5, 0.6) is 0 Å². The third-order valence-electron chi connectivity index (χ3n) is 3.37. The minimum atomic E-state index is -0.693. The van der Waals surface area contributed by atoms with Crippen LogP contribution in [0.1, 0.15) is 38.5 Å². The first-order chi connectivity index (χ1) is 7.27. The van der Waals surface area contributed by atoms with Crippen LogP contribution in [0.4, 0.5) is 0 Å². The van der Waals surface area contributed by atoms with Gasteiger partial charge < -0.3 is 5.11 Å². The summed E-state index contributed by atoms with van der Waals surface area (Å²) in [5.74, 6) is -0.952. The standard InChI is InChI=1S/C11H18N2O2/c14-11(15)9-6-7-12-13(8-9)10-4-2-1-3-5-10/h7,9-10H,1-6,8H2,(H,14,15). The molecule has 0 amide bonds. The number of rotatable bonds is 2. The van der Waals surface area contributed by atoms with Gasteiger partial charge in [0.15, 0.2) is 0 Å². The number of hydrogen-bond donors (Lipinski definition) is 1. The second kappa shape index (κ2) is 4.64. The van der Waals surface area contributed by atoms with Gasteiger partial charge in [0, 0.05) is 18.8 Å². The van der Waals surface area contributed by atoms with Crippen molar-refractivity contribution in [3.8, 4) is 0 Å². The zero-order chi connectivity index (χ0) is 10.7. The minimum absolute atomic E-state index is 0.260. The molecular formula is C11H18N2O2. The first-order valence-electron chi connectivity index (χ1n) is 5.79. The summed E-state index contributed by atoms with van der Waals surface area (Å²) in [6, 6.07) is 0.483. The van der Waals surface area contributed by atoms with Gasteiger partial charge in [-0.3, -0.25) is 9.80 Å². The molecule has 4 heteroatoms. The summed E-state index contributed by atoms with van der Waals surface area (Å²) in [7, 11) is 0. The molecule has 84 valence electrons. The quantitative estimate of drug-likeness (QED) is 0.755. The fourth-order valence-corrected chi connectivity index (χ4v) is 2.43. The van der Waals surface area contributed by atoms with Gasteiger partial charge in [0.25, 0.3) is 0 Å². The molecule has 0 aromatic carbocycles. The molecule has 0 aromatic rings. The minimum Gasteiger partial charge on any atom is -0.481 e. The van der Waals surface area contributed by atoms with Gasteiger partial charge >= 0.3 is 5.97 Å². The summed E-state index contributed by atoms with van der Waals surface area (Å²) in [5.41, 5.74) is 0. The number of carboxylic acid groups (broad SMARTS) is 1. The lowest BCUT2D eigenvalue weighted by atomic mass is 9.94. The molecule has 0 radical (unpaired) electrons. The Hall–Kier alpha value is -1.06. The maximum atomic E-state index is 10.9. The molecule has 0 saturated heterocycles. The molecular weight excluding hydrogens is 192 g/mol. The molecule has 1 N–H and O–H groups in total. The Morgan fingerprint density at radius 2 is 2.07 bits per heavy atom. The number of carbonyl (C=O) groups is 1. The van der Waals surface area contributed by atoms with E-state index in [1.54, 1.807) is 6.21 Å². The van der Waals surface area contributed by atoms with Crippen molar-refractivity contribution < 1.29 is 9.90 Å². The second-order valence-corrected chi connectivity index (χ2v) is 4.48. The number of aliphatic carboxylic acids is 1. The van der Waals surface area contributed by atoms with Crippen LogP contribution in [-0.2, 0) is 4.79 Å². The summed E-state index contributed by atoms with van der Waals surface area (Å²) in [6.07, 6.45) is 8.52. The van der Waals surface area contributed by atoms with E-state index in [9.17, 15) is 4.79 Å². The van der Waals surface area contributed by atoms with E-state index < -0.39 is 5.97 Å². The van der Waals surface area contributed by atoms with E-state index >= 15 is 0 Å². The molecule has 1 aliphatic carbocycles. The van der Waals surface area contributed by atoms with Crippen molar-refractivity contribution in [1.29, 1.82) is 0 Å². The molecule has 1 saturated carbocycles. The van der Waals surface area contributed by atoms with Crippen molar-refractivity contribution in [2.24, 2.45) is 11.0 Å². The maximum absolute atomic E-state index is 10.9. The summed E-state index contributed by atoms with van der Waals surface area (Å²) in [5, 5.41) is 15.3. The van der Waals surface area contributed by atoms with Crippen LogP contribution in [0, 0.1) is 5.92 Å². The van der Waals surface area contributed by atoms with Crippen molar-refractivity contribution >= 4 is 12.2 Å². The molecule has 1 aliphatic heterocycles. The Morgan fingerprint density at radius 1 is 1.33 bits per heavy atom. The van der Waals surface area contributed by atoms with Gasteiger partial charge in [-0.15, -0.1) is 0 Å². The third-order valence-corrected chi connectivity index (χ3v) is 3.37. The molecule has 1 unspecified atom stereocenters. The van der Waals surface area contributed by atoms with Crippen LogP contribution in [0.3, 0.4) is 0 Å². The molecule has 1 fully saturated rings. The molecule has 0 spiro atoms. The van der Waals surface area contributed by atoms with Crippen molar-refractivity contribution in [2.45, 2.75) is 44.6 Å². The smallest absolute Gasteiger partial charge is 0.308 e. The zero-order valence-electron chi connectivity index (χ0n) is 8.93. The summed E-state index contributed by atoms with van der Waals surface area (Å²) >= 11 is 0. The van der Waals surface area contributed by atoms with Crippen molar-refractivity contribution in [3.63, 3.8) is 0 Å². The lowest BCUT2D eigenvalue weighted by Crippen LogP contribution is -2.40. The molecule has 2 rings (SSSR count). The van der Waals surface area contributed by atoms with Gasteiger partial charge in [0.2, 0.25) is 0 Å². The van der Waals surface area contributed by atoms with E-state index in [1.165, 1.54) is 32.1 Å². The highest BCUT2D eigenvalue weighted by molar-refractivity contribution is 5.75. The first-order valence-corrected chi connectivity index (χ1v) is 5.79. The fraction of sp³-hybridized carbons (Fsp3) is 0.818. The van der Waals surface area contributed by atoms with Crippen molar-refractivity contribution in [1.82, 2.24) is 5.01 Å². The predicted octanol–water partition coefficient (Wildman–Crippen LogP) is 1.71. The topological polar surface area (TPSA) is 52.9 Å². The average molecular weight is 210 g/mol. The van der Waals surface area contributed by atoms with Gasteiger partial charge in [-0.25, -0.2) is 0 Å². The normalized spacial score (nSPS) is 28.0. The van der Waals surface area contributed by atoms with Crippen molar-refractivity contribution in [3.05, 3.63) is 0 Å². The summed E-state index contributed by atoms with van der Waals surface area (Å²) < 4.78 is 0. The van der Waals surface area contributed by atoms with Gasteiger partial charge in [-0.1, -0.05) is 19.3 Å². The highest BCUT2D eigenvalue weighted by atomic mass is 16.4. The van der Waals surface area contributed by atoms with Gasteiger partial charge in [-0.05, 0) is 19.3 Å². The molecule has 4 nitrogen and oxygen atoms in total. The van der Waals surface area contributed by atoms with E-state index in [4.69, 9.17) is 5.11 Å². The van der Waals surface area contributed by atoms with Crippen LogP contribution in [0.2, 0.25) is 0 Å². The lowest BCUT2D eigenvalue weighted by molar-refractivity contribution is -0.142. The fourth-order valence-electron chi connectivity index (χ4n) is 2.43. The van der Waals surface area contributed by atoms with Crippen LogP contribution >= 0.6 is 0 Å². The van der Waals surface area contributed by atoms with E-state index in [2.05, 4.69) is 5.10 Å². The second-order valence-electron chi connectivity index (χ2n) is 4.48. The Kier molecular flexibility index (Phi) is 3.23. The molecule has 0 aromatic heterocycles. The number of nitrogens with zero attached hydrogens (tertiary/aromatic N) is 2. The Labute approximate surface area is 90.0 Å². The van der Waals surface area contributed by atoms with Gasteiger partial charge in [-0.2, -0.15) is 5.10 Å². The Bertz CT molecular complexity index is 259. The van der Waals surface area contributed by atoms with E-state index in [-0.39, 0.29) is 5.92 Å². The highest BCUT2D eigenvalue weighted by Gasteiger charge is 2.27. The van der Waals surface area contributed by atoms with Crippen LogP contribution in [0.25, 0.3) is 0 Å². The molecule has 2 aliphatic rings. The average Bonchev–Trinajstić information content (AvgIpc) is 2.30. The van der Waals surface area contributed by atoms with Crippen LogP contribution in [0.15, 0.2) is 5.10 Å². The van der Waals surface area contributed by atoms with E-state index in [0.717, 1.165) is 0 Å². The molecule has 1 heterocycles. The van der Waals surface area contributed by atoms with Crippen molar-refractivity contribution in [2.75, 3.05) is 6.54 Å². The highest BCUT2D eigenvalue weighted by Crippen LogP contribution is 2.25. The SMILES string of the molecule is O=C(O)C1CC=NN(C2CCCCC2)C1. The third kappa shape index (κ3) is 2.49. The molecule has 0 bridgehead atoms. The number of carboxylic acids is 1. The first kappa shape index (κ1) is 10.5. The van der Waals surface area contributed by atoms with Gasteiger partial charge in [0.05, 0.1) is 5.92 Å². The van der Waals surface area contributed by atoms with E-state index in [1.807, 2.05) is 5.01 Å². The number of hydrogen-bond acceptors (Lipinski definition) is 3. The zero-order valence-corrected chi connectivity index (χ0v) is 8.93. The van der Waals surface area contributed by atoms with Gasteiger partial charge in [0.1, 0.15) is 0 Å². The molecule has 15 heavy (non-hydrogen) atoms. The number of hydrazone groups is 1. The Balaban J connectivity index is 1.94. The largest absolute Gasteiger partial charge is 0.481 e.